The Kier molecular flexibility index (Phi) is 5.46. The van der Waals surface area contributed by atoms with Gasteiger partial charge in [-0.15, -0.1) is 11.3 Å². The number of thiophene rings is 1. The number of rotatable bonds is 5. The van der Waals surface area contributed by atoms with E-state index in [-0.39, 0.29) is 23.0 Å². The number of thioether (sulfide) groups is 1. The number of nitrogens with two attached hydrogens (primary N) is 1. The van der Waals surface area contributed by atoms with E-state index in [1.165, 1.54) is 43.9 Å². The monoisotopic (exact) mass is 457 g/mol. The third-order valence-electron chi connectivity index (χ3n) is 4.82. The van der Waals surface area contributed by atoms with Gasteiger partial charge >= 0.3 is 5.69 Å². The Morgan fingerprint density at radius 1 is 1.16 bits per heavy atom. The van der Waals surface area contributed by atoms with E-state index in [1.807, 2.05) is 5.38 Å². The van der Waals surface area contributed by atoms with Crippen LogP contribution in [-0.2, 0) is 14.1 Å². The standard InChI is InChI=1S/C20H16FN5O3S2/c1-25-16(22)15(19(28)26(2)20(25)29)13(27)8-31-18-14-12(7-30-17(14)23-9-24-18)10-3-5-11(21)6-4-10/h3-7,9H,8,22H2,1-2H3. The molecule has 0 spiro atoms. The second-order valence-corrected chi connectivity index (χ2v) is 8.52. The van der Waals surface area contributed by atoms with Crippen molar-refractivity contribution in [2.45, 2.75) is 5.03 Å². The summed E-state index contributed by atoms with van der Waals surface area (Å²) in [6.45, 7) is 0. The molecule has 2 N–H and O–H groups in total. The molecular weight excluding hydrogens is 441 g/mol. The summed E-state index contributed by atoms with van der Waals surface area (Å²) < 4.78 is 15.2. The molecule has 0 saturated heterocycles. The number of halogens is 1. The molecule has 1 aromatic carbocycles. The first-order chi connectivity index (χ1) is 14.8. The first-order valence-corrected chi connectivity index (χ1v) is 10.9. The first kappa shape index (κ1) is 20.9. The lowest BCUT2D eigenvalue weighted by molar-refractivity contribution is 0.102. The van der Waals surface area contributed by atoms with Crippen LogP contribution in [0.4, 0.5) is 10.2 Å². The molecule has 3 heterocycles. The van der Waals surface area contributed by atoms with Crippen LogP contribution in [-0.4, -0.2) is 30.6 Å². The van der Waals surface area contributed by atoms with Gasteiger partial charge in [0.2, 0.25) is 0 Å². The number of ketones is 1. The molecule has 31 heavy (non-hydrogen) atoms. The fourth-order valence-electron chi connectivity index (χ4n) is 3.13. The topological polar surface area (TPSA) is 113 Å². The zero-order chi connectivity index (χ0) is 22.3. The van der Waals surface area contributed by atoms with Gasteiger partial charge in [-0.05, 0) is 17.7 Å². The molecule has 4 rings (SSSR count). The van der Waals surface area contributed by atoms with Crippen molar-refractivity contribution in [1.82, 2.24) is 19.1 Å². The van der Waals surface area contributed by atoms with E-state index in [4.69, 9.17) is 5.73 Å². The van der Waals surface area contributed by atoms with Gasteiger partial charge in [-0.3, -0.25) is 18.7 Å². The lowest BCUT2D eigenvalue weighted by Gasteiger charge is -2.10. The molecule has 0 aliphatic heterocycles. The summed E-state index contributed by atoms with van der Waals surface area (Å²) in [5.41, 5.74) is 5.93. The van der Waals surface area contributed by atoms with E-state index in [2.05, 4.69) is 9.97 Å². The van der Waals surface area contributed by atoms with Gasteiger partial charge in [0.1, 0.15) is 33.4 Å². The number of aromatic nitrogens is 4. The van der Waals surface area contributed by atoms with Gasteiger partial charge in [0, 0.05) is 25.0 Å². The molecule has 0 bridgehead atoms. The van der Waals surface area contributed by atoms with Gasteiger partial charge in [0.25, 0.3) is 5.56 Å². The van der Waals surface area contributed by atoms with Gasteiger partial charge in [-0.25, -0.2) is 19.2 Å². The van der Waals surface area contributed by atoms with Crippen LogP contribution in [0, 0.1) is 5.82 Å². The predicted octanol–water partition coefficient (Wildman–Crippen LogP) is 2.45. The lowest BCUT2D eigenvalue weighted by Crippen LogP contribution is -2.41. The van der Waals surface area contributed by atoms with Crippen molar-refractivity contribution >= 4 is 44.9 Å². The molecular formula is C20H16FN5O3S2. The zero-order valence-electron chi connectivity index (χ0n) is 16.5. The molecule has 8 nitrogen and oxygen atoms in total. The Morgan fingerprint density at radius 2 is 1.87 bits per heavy atom. The summed E-state index contributed by atoms with van der Waals surface area (Å²) >= 11 is 2.56. The maximum Gasteiger partial charge on any atom is 0.332 e. The van der Waals surface area contributed by atoms with Crippen molar-refractivity contribution in [1.29, 1.82) is 0 Å². The molecule has 4 aromatic rings. The minimum atomic E-state index is -0.735. The fraction of sp³-hybridized carbons (Fsp3) is 0.150. The van der Waals surface area contributed by atoms with Crippen LogP contribution in [0.15, 0.2) is 50.6 Å². The molecule has 158 valence electrons. The highest BCUT2D eigenvalue weighted by Gasteiger charge is 2.21. The molecule has 0 atom stereocenters. The quantitative estimate of drug-likeness (QED) is 0.278. The Bertz CT molecular complexity index is 1440. The summed E-state index contributed by atoms with van der Waals surface area (Å²) in [4.78, 5) is 46.5. The molecule has 0 unspecified atom stereocenters. The van der Waals surface area contributed by atoms with E-state index >= 15 is 0 Å². The Morgan fingerprint density at radius 3 is 2.58 bits per heavy atom. The third-order valence-corrected chi connectivity index (χ3v) is 6.70. The van der Waals surface area contributed by atoms with E-state index < -0.39 is 17.0 Å². The van der Waals surface area contributed by atoms with Crippen LogP contribution in [0.3, 0.4) is 0 Å². The van der Waals surface area contributed by atoms with Crippen LogP contribution in [0.2, 0.25) is 0 Å². The number of carbonyl (C=O) groups is 1. The van der Waals surface area contributed by atoms with E-state index in [0.29, 0.717) is 5.03 Å². The fourth-order valence-corrected chi connectivity index (χ4v) is 4.99. The Hall–Kier alpha value is -3.31. The normalized spacial score (nSPS) is 11.2. The average molecular weight is 458 g/mol. The number of carbonyl (C=O) groups excluding carboxylic acids is 1. The predicted molar refractivity (Wildman–Crippen MR) is 119 cm³/mol. The third kappa shape index (κ3) is 3.66. The zero-order valence-corrected chi connectivity index (χ0v) is 18.1. The van der Waals surface area contributed by atoms with Crippen molar-refractivity contribution in [2.24, 2.45) is 14.1 Å². The highest BCUT2D eigenvalue weighted by Crippen LogP contribution is 2.38. The van der Waals surface area contributed by atoms with E-state index in [9.17, 15) is 18.8 Å². The Labute approximate surface area is 183 Å². The number of nitrogens with zero attached hydrogens (tertiary/aromatic N) is 4. The minimum Gasteiger partial charge on any atom is -0.384 e. The van der Waals surface area contributed by atoms with Crippen LogP contribution < -0.4 is 17.0 Å². The van der Waals surface area contributed by atoms with E-state index in [0.717, 1.165) is 42.2 Å². The van der Waals surface area contributed by atoms with Crippen molar-refractivity contribution in [2.75, 3.05) is 11.5 Å². The van der Waals surface area contributed by atoms with Crippen molar-refractivity contribution in [3.05, 3.63) is 68.2 Å². The van der Waals surface area contributed by atoms with Crippen molar-refractivity contribution in [3.63, 3.8) is 0 Å². The van der Waals surface area contributed by atoms with Crippen LogP contribution in [0.25, 0.3) is 21.3 Å². The van der Waals surface area contributed by atoms with Gasteiger partial charge < -0.3 is 5.73 Å². The van der Waals surface area contributed by atoms with Gasteiger partial charge in [0.15, 0.2) is 5.78 Å². The first-order valence-electron chi connectivity index (χ1n) is 8.99. The number of hydrogen-bond acceptors (Lipinski definition) is 8. The molecule has 0 radical (unpaired) electrons. The molecule has 0 aliphatic carbocycles. The Balaban J connectivity index is 1.70. The van der Waals surface area contributed by atoms with Crippen molar-refractivity contribution < 1.29 is 9.18 Å². The summed E-state index contributed by atoms with van der Waals surface area (Å²) in [5.74, 6) is -1.13. The van der Waals surface area contributed by atoms with Crippen LogP contribution >= 0.6 is 23.1 Å². The second-order valence-electron chi connectivity index (χ2n) is 6.69. The smallest absolute Gasteiger partial charge is 0.332 e. The highest BCUT2D eigenvalue weighted by molar-refractivity contribution is 8.00. The number of benzene rings is 1. The molecule has 3 aromatic heterocycles. The van der Waals surface area contributed by atoms with Gasteiger partial charge in [-0.1, -0.05) is 23.9 Å². The number of Topliss-reactive ketones (excluding diaryl/α,β-unsaturated/α-hetero) is 1. The lowest BCUT2D eigenvalue weighted by atomic mass is 10.1. The minimum absolute atomic E-state index is 0.109. The molecule has 0 fully saturated rings. The SMILES string of the molecule is Cn1c(N)c(C(=O)CSc2ncnc3scc(-c4ccc(F)cc4)c23)c(=O)n(C)c1=O. The largest absolute Gasteiger partial charge is 0.384 e. The second kappa shape index (κ2) is 8.08. The maximum atomic E-state index is 13.3. The number of nitrogen functional groups attached to an aromatic ring is 1. The molecule has 11 heteroatoms. The summed E-state index contributed by atoms with van der Waals surface area (Å²) in [7, 11) is 2.69. The van der Waals surface area contributed by atoms with Crippen molar-refractivity contribution in [3.8, 4) is 11.1 Å². The molecule has 0 saturated carbocycles. The maximum absolute atomic E-state index is 13.3. The molecule has 0 amide bonds. The van der Waals surface area contributed by atoms with Crippen LogP contribution in [0.1, 0.15) is 10.4 Å². The summed E-state index contributed by atoms with van der Waals surface area (Å²) in [6, 6.07) is 6.07. The van der Waals surface area contributed by atoms with Crippen LogP contribution in [0.5, 0.6) is 0 Å². The van der Waals surface area contributed by atoms with Gasteiger partial charge in [0.05, 0.1) is 11.1 Å². The number of fused-ring (bicyclic) bond motifs is 1. The van der Waals surface area contributed by atoms with E-state index in [1.54, 1.807) is 12.1 Å². The molecule has 0 aliphatic rings. The summed E-state index contributed by atoms with van der Waals surface area (Å²) in [6.07, 6.45) is 1.40. The number of anilines is 1. The highest BCUT2D eigenvalue weighted by atomic mass is 32.2. The average Bonchev–Trinajstić information content (AvgIpc) is 3.20. The van der Waals surface area contributed by atoms with Gasteiger partial charge in [-0.2, -0.15) is 0 Å². The summed E-state index contributed by atoms with van der Waals surface area (Å²) in [5, 5.41) is 3.21. The number of hydrogen-bond donors (Lipinski definition) is 1.